The molecule has 2 heterocycles. The maximum absolute atomic E-state index is 12.8. The topological polar surface area (TPSA) is 78.9 Å². The number of carbonyl (C=O) groups is 2. The third-order valence-electron chi connectivity index (χ3n) is 4.25. The zero-order chi connectivity index (χ0) is 14.6. The van der Waals surface area contributed by atoms with Crippen molar-refractivity contribution in [2.45, 2.75) is 38.7 Å². The van der Waals surface area contributed by atoms with Gasteiger partial charge in [0.25, 0.3) is 0 Å². The van der Waals surface area contributed by atoms with Crippen LogP contribution in [0, 0.1) is 5.41 Å². The van der Waals surface area contributed by atoms with Crippen LogP contribution in [-0.2, 0) is 14.3 Å². The van der Waals surface area contributed by atoms with Gasteiger partial charge in [0, 0.05) is 19.6 Å². The monoisotopic (exact) mass is 284 g/mol. The molecule has 2 saturated heterocycles. The van der Waals surface area contributed by atoms with Gasteiger partial charge in [0.2, 0.25) is 5.91 Å². The molecule has 20 heavy (non-hydrogen) atoms. The number of carboxylic acids is 1. The van der Waals surface area contributed by atoms with Gasteiger partial charge in [0.15, 0.2) is 0 Å². The van der Waals surface area contributed by atoms with Crippen LogP contribution in [0.5, 0.6) is 0 Å². The number of hydrogen-bond donors (Lipinski definition) is 2. The Morgan fingerprint density at radius 2 is 2.30 bits per heavy atom. The molecule has 114 valence electrons. The van der Waals surface area contributed by atoms with Gasteiger partial charge < -0.3 is 20.1 Å². The fraction of sp³-hybridized carbons (Fsp3) is 0.857. The number of ether oxygens (including phenoxy) is 1. The van der Waals surface area contributed by atoms with Gasteiger partial charge in [-0.25, -0.2) is 0 Å². The van der Waals surface area contributed by atoms with E-state index in [9.17, 15) is 9.59 Å². The summed E-state index contributed by atoms with van der Waals surface area (Å²) in [4.78, 5) is 25.4. The third-order valence-corrected chi connectivity index (χ3v) is 4.25. The second-order valence-corrected chi connectivity index (χ2v) is 5.80. The maximum Gasteiger partial charge on any atom is 0.306 e. The number of morpholine rings is 1. The Labute approximate surface area is 119 Å². The average molecular weight is 284 g/mol. The highest BCUT2D eigenvalue weighted by Gasteiger charge is 2.43. The van der Waals surface area contributed by atoms with E-state index in [1.165, 1.54) is 0 Å². The van der Waals surface area contributed by atoms with E-state index in [1.54, 1.807) is 4.90 Å². The molecule has 0 aromatic heterocycles. The molecule has 2 N–H and O–H groups in total. The Morgan fingerprint density at radius 1 is 1.50 bits per heavy atom. The summed E-state index contributed by atoms with van der Waals surface area (Å²) in [5, 5.41) is 12.1. The van der Waals surface area contributed by atoms with Crippen LogP contribution < -0.4 is 5.32 Å². The lowest BCUT2D eigenvalue weighted by Gasteiger charge is -2.38. The first-order valence-corrected chi connectivity index (χ1v) is 7.41. The van der Waals surface area contributed by atoms with Gasteiger partial charge >= 0.3 is 5.97 Å². The molecule has 0 radical (unpaired) electrons. The van der Waals surface area contributed by atoms with E-state index in [0.29, 0.717) is 19.7 Å². The summed E-state index contributed by atoms with van der Waals surface area (Å²) in [5.74, 6) is -0.710. The lowest BCUT2D eigenvalue weighted by molar-refractivity contribution is -0.153. The van der Waals surface area contributed by atoms with Crippen molar-refractivity contribution in [2.24, 2.45) is 5.41 Å². The standard InChI is InChI=1S/C14H24N2O4/c1-2-3-14(4-5-15-10-14)13(19)16-6-7-20-11(9-16)8-12(17)18/h11,15H,2-10H2,1H3,(H,17,18). The number of rotatable bonds is 5. The number of amides is 1. The van der Waals surface area contributed by atoms with Gasteiger partial charge in [-0.05, 0) is 19.4 Å². The molecular formula is C14H24N2O4. The SMILES string of the molecule is CCCC1(C(=O)N2CCOC(CC(=O)O)C2)CCNC1. The predicted molar refractivity (Wildman–Crippen MR) is 73.4 cm³/mol. The van der Waals surface area contributed by atoms with Gasteiger partial charge in [-0.1, -0.05) is 13.3 Å². The Balaban J connectivity index is 2.01. The smallest absolute Gasteiger partial charge is 0.306 e. The van der Waals surface area contributed by atoms with Crippen molar-refractivity contribution in [3.8, 4) is 0 Å². The number of carbonyl (C=O) groups excluding carboxylic acids is 1. The van der Waals surface area contributed by atoms with Gasteiger partial charge in [-0.2, -0.15) is 0 Å². The molecule has 0 aromatic carbocycles. The lowest BCUT2D eigenvalue weighted by atomic mass is 9.81. The summed E-state index contributed by atoms with van der Waals surface area (Å²) in [6.45, 7) is 5.12. The molecule has 2 rings (SSSR count). The molecule has 0 bridgehead atoms. The van der Waals surface area contributed by atoms with Crippen LogP contribution in [0.2, 0.25) is 0 Å². The highest BCUT2D eigenvalue weighted by molar-refractivity contribution is 5.83. The van der Waals surface area contributed by atoms with Crippen LogP contribution in [0.15, 0.2) is 0 Å². The van der Waals surface area contributed by atoms with E-state index in [0.717, 1.165) is 32.4 Å². The Hall–Kier alpha value is -1.14. The first-order valence-electron chi connectivity index (χ1n) is 7.41. The molecule has 2 unspecified atom stereocenters. The second-order valence-electron chi connectivity index (χ2n) is 5.80. The van der Waals surface area contributed by atoms with E-state index in [-0.39, 0.29) is 23.8 Å². The van der Waals surface area contributed by atoms with Crippen LogP contribution in [0.1, 0.15) is 32.6 Å². The van der Waals surface area contributed by atoms with Crippen LogP contribution in [-0.4, -0.2) is 60.8 Å². The minimum absolute atomic E-state index is 0.0389. The van der Waals surface area contributed by atoms with Crippen LogP contribution in [0.4, 0.5) is 0 Å². The quantitative estimate of drug-likeness (QED) is 0.767. The van der Waals surface area contributed by atoms with E-state index >= 15 is 0 Å². The fourth-order valence-electron chi connectivity index (χ4n) is 3.28. The minimum atomic E-state index is -0.880. The molecule has 2 atom stereocenters. The predicted octanol–water partition coefficient (Wildman–Crippen LogP) is 0.468. The highest BCUT2D eigenvalue weighted by atomic mass is 16.5. The van der Waals surface area contributed by atoms with E-state index in [1.807, 2.05) is 0 Å². The first-order chi connectivity index (χ1) is 9.57. The number of hydrogen-bond acceptors (Lipinski definition) is 4. The highest BCUT2D eigenvalue weighted by Crippen LogP contribution is 2.34. The average Bonchev–Trinajstić information content (AvgIpc) is 2.87. The third kappa shape index (κ3) is 3.30. The molecular weight excluding hydrogens is 260 g/mol. The Morgan fingerprint density at radius 3 is 2.90 bits per heavy atom. The van der Waals surface area contributed by atoms with E-state index in [2.05, 4.69) is 12.2 Å². The first kappa shape index (κ1) is 15.3. The summed E-state index contributed by atoms with van der Waals surface area (Å²) in [7, 11) is 0. The van der Waals surface area contributed by atoms with Crippen LogP contribution in [0.25, 0.3) is 0 Å². The van der Waals surface area contributed by atoms with E-state index in [4.69, 9.17) is 9.84 Å². The Kier molecular flexibility index (Phi) is 4.99. The zero-order valence-electron chi connectivity index (χ0n) is 12.1. The molecule has 6 heteroatoms. The fourth-order valence-corrected chi connectivity index (χ4v) is 3.28. The molecule has 0 aliphatic carbocycles. The number of carboxylic acid groups (broad SMARTS) is 1. The van der Waals surface area contributed by atoms with Gasteiger partial charge in [0.05, 0.1) is 24.5 Å². The second kappa shape index (κ2) is 6.54. The van der Waals surface area contributed by atoms with Gasteiger partial charge in [-0.15, -0.1) is 0 Å². The molecule has 1 amide bonds. The van der Waals surface area contributed by atoms with Crippen molar-refractivity contribution in [3.05, 3.63) is 0 Å². The minimum Gasteiger partial charge on any atom is -0.481 e. The molecule has 2 fully saturated rings. The van der Waals surface area contributed by atoms with Crippen molar-refractivity contribution in [2.75, 3.05) is 32.8 Å². The lowest BCUT2D eigenvalue weighted by Crippen LogP contribution is -2.52. The van der Waals surface area contributed by atoms with Crippen molar-refractivity contribution >= 4 is 11.9 Å². The van der Waals surface area contributed by atoms with Crippen LogP contribution in [0.3, 0.4) is 0 Å². The normalized spacial score (nSPS) is 30.4. The maximum atomic E-state index is 12.8. The number of nitrogens with one attached hydrogen (secondary N) is 1. The van der Waals surface area contributed by atoms with Crippen LogP contribution >= 0.6 is 0 Å². The Bertz CT molecular complexity index is 366. The van der Waals surface area contributed by atoms with Crippen molar-refractivity contribution in [1.29, 1.82) is 0 Å². The summed E-state index contributed by atoms with van der Waals surface area (Å²) < 4.78 is 5.43. The molecule has 0 spiro atoms. The largest absolute Gasteiger partial charge is 0.481 e. The zero-order valence-corrected chi connectivity index (χ0v) is 12.1. The molecule has 0 saturated carbocycles. The van der Waals surface area contributed by atoms with E-state index < -0.39 is 5.97 Å². The van der Waals surface area contributed by atoms with Gasteiger partial charge in [0.1, 0.15) is 0 Å². The van der Waals surface area contributed by atoms with Crippen molar-refractivity contribution in [1.82, 2.24) is 10.2 Å². The van der Waals surface area contributed by atoms with Crippen molar-refractivity contribution < 1.29 is 19.4 Å². The number of aliphatic carboxylic acids is 1. The molecule has 2 aliphatic rings. The number of nitrogens with zero attached hydrogens (tertiary/aromatic N) is 1. The summed E-state index contributed by atoms with van der Waals surface area (Å²) in [6, 6.07) is 0. The summed E-state index contributed by atoms with van der Waals surface area (Å²) >= 11 is 0. The molecule has 6 nitrogen and oxygen atoms in total. The summed E-state index contributed by atoms with van der Waals surface area (Å²) in [5.41, 5.74) is -0.292. The molecule has 0 aromatic rings. The summed E-state index contributed by atoms with van der Waals surface area (Å²) in [6.07, 6.45) is 2.33. The molecule has 2 aliphatic heterocycles. The van der Waals surface area contributed by atoms with Gasteiger partial charge in [-0.3, -0.25) is 9.59 Å². The van der Waals surface area contributed by atoms with Crippen molar-refractivity contribution in [3.63, 3.8) is 0 Å².